The molecule has 1 N–H and O–H groups in total. The average Bonchev–Trinajstić information content (AvgIpc) is 2.96. The third-order valence-corrected chi connectivity index (χ3v) is 3.47. The lowest BCUT2D eigenvalue weighted by molar-refractivity contribution is -0.385. The molecular formula is C14H20N2O4. The molecule has 1 aromatic carbocycles. The SMILES string of the molecule is COc1ccc([N+](=O)[O-])cc1OCCCC1CCCN1. The van der Waals surface area contributed by atoms with E-state index in [-0.39, 0.29) is 5.69 Å². The maximum atomic E-state index is 10.8. The van der Waals surface area contributed by atoms with Crippen LogP contribution in [0.15, 0.2) is 18.2 Å². The molecule has 20 heavy (non-hydrogen) atoms. The fourth-order valence-electron chi connectivity index (χ4n) is 2.41. The third kappa shape index (κ3) is 3.84. The van der Waals surface area contributed by atoms with Gasteiger partial charge in [-0.15, -0.1) is 0 Å². The Morgan fingerprint density at radius 2 is 2.30 bits per heavy atom. The second-order valence-corrected chi connectivity index (χ2v) is 4.88. The number of non-ortho nitro benzene ring substituents is 1. The number of nitro benzene ring substituents is 1. The molecule has 1 atom stereocenters. The maximum absolute atomic E-state index is 10.8. The summed E-state index contributed by atoms with van der Waals surface area (Å²) in [7, 11) is 1.52. The van der Waals surface area contributed by atoms with Gasteiger partial charge in [0.25, 0.3) is 5.69 Å². The summed E-state index contributed by atoms with van der Waals surface area (Å²) in [4.78, 5) is 10.3. The van der Waals surface area contributed by atoms with E-state index >= 15 is 0 Å². The number of methoxy groups -OCH3 is 1. The van der Waals surface area contributed by atoms with Crippen LogP contribution in [0.3, 0.4) is 0 Å². The van der Waals surface area contributed by atoms with Gasteiger partial charge in [0.15, 0.2) is 11.5 Å². The van der Waals surface area contributed by atoms with Crippen LogP contribution in [0.25, 0.3) is 0 Å². The lowest BCUT2D eigenvalue weighted by atomic mass is 10.1. The number of hydrogen-bond donors (Lipinski definition) is 1. The zero-order chi connectivity index (χ0) is 14.4. The smallest absolute Gasteiger partial charge is 0.273 e. The molecule has 110 valence electrons. The van der Waals surface area contributed by atoms with Gasteiger partial charge in [-0.1, -0.05) is 0 Å². The van der Waals surface area contributed by atoms with Crippen molar-refractivity contribution < 1.29 is 14.4 Å². The maximum Gasteiger partial charge on any atom is 0.273 e. The van der Waals surface area contributed by atoms with E-state index in [0.29, 0.717) is 24.1 Å². The Morgan fingerprint density at radius 3 is 2.95 bits per heavy atom. The van der Waals surface area contributed by atoms with Gasteiger partial charge in [0.2, 0.25) is 0 Å². The van der Waals surface area contributed by atoms with E-state index in [9.17, 15) is 10.1 Å². The molecule has 0 amide bonds. The molecule has 6 nitrogen and oxygen atoms in total. The summed E-state index contributed by atoms with van der Waals surface area (Å²) in [6.45, 7) is 1.64. The minimum absolute atomic E-state index is 0.0123. The quantitative estimate of drug-likeness (QED) is 0.472. The van der Waals surface area contributed by atoms with Gasteiger partial charge in [0, 0.05) is 12.1 Å². The molecule has 1 aliphatic rings. The summed E-state index contributed by atoms with van der Waals surface area (Å²) < 4.78 is 10.8. The van der Waals surface area contributed by atoms with Crippen molar-refractivity contribution in [1.29, 1.82) is 0 Å². The normalized spacial score (nSPS) is 17.9. The molecule has 1 unspecified atom stereocenters. The molecule has 0 aliphatic carbocycles. The molecule has 6 heteroatoms. The first-order chi connectivity index (χ1) is 9.70. The van der Waals surface area contributed by atoms with Crippen LogP contribution in [0.1, 0.15) is 25.7 Å². The van der Waals surface area contributed by atoms with Gasteiger partial charge >= 0.3 is 0 Å². The summed E-state index contributed by atoms with van der Waals surface area (Å²) in [6.07, 6.45) is 4.45. The largest absolute Gasteiger partial charge is 0.493 e. The van der Waals surface area contributed by atoms with Gasteiger partial charge < -0.3 is 14.8 Å². The Bertz CT molecular complexity index is 458. The molecule has 0 saturated carbocycles. The van der Waals surface area contributed by atoms with Gasteiger partial charge in [-0.3, -0.25) is 10.1 Å². The summed E-state index contributed by atoms with van der Waals surface area (Å²) in [6, 6.07) is 4.97. The molecular weight excluding hydrogens is 260 g/mol. The third-order valence-electron chi connectivity index (χ3n) is 3.47. The van der Waals surface area contributed by atoms with Gasteiger partial charge in [0.1, 0.15) is 0 Å². The first-order valence-electron chi connectivity index (χ1n) is 6.89. The van der Waals surface area contributed by atoms with Gasteiger partial charge in [-0.2, -0.15) is 0 Å². The van der Waals surface area contributed by atoms with Crippen molar-refractivity contribution in [3.8, 4) is 11.5 Å². The molecule has 1 aromatic rings. The topological polar surface area (TPSA) is 73.6 Å². The van der Waals surface area contributed by atoms with Crippen molar-refractivity contribution in [2.75, 3.05) is 20.3 Å². The van der Waals surface area contributed by atoms with E-state index in [1.165, 1.54) is 32.1 Å². The number of nitrogens with one attached hydrogen (secondary N) is 1. The fourth-order valence-corrected chi connectivity index (χ4v) is 2.41. The number of nitro groups is 1. The van der Waals surface area contributed by atoms with Crippen LogP contribution in [0.2, 0.25) is 0 Å². The number of nitrogens with zero attached hydrogens (tertiary/aromatic N) is 1. The molecule has 0 spiro atoms. The van der Waals surface area contributed by atoms with Crippen molar-refractivity contribution in [3.63, 3.8) is 0 Å². The van der Waals surface area contributed by atoms with Crippen molar-refractivity contribution in [2.45, 2.75) is 31.7 Å². The highest BCUT2D eigenvalue weighted by molar-refractivity contribution is 5.48. The molecule has 2 rings (SSSR count). The van der Waals surface area contributed by atoms with E-state index in [0.717, 1.165) is 19.4 Å². The minimum Gasteiger partial charge on any atom is -0.493 e. The Morgan fingerprint density at radius 1 is 1.45 bits per heavy atom. The summed E-state index contributed by atoms with van der Waals surface area (Å²) in [5, 5.41) is 14.2. The van der Waals surface area contributed by atoms with Crippen LogP contribution in [-0.2, 0) is 0 Å². The molecule has 1 saturated heterocycles. The number of ether oxygens (including phenoxy) is 2. The molecule has 0 bridgehead atoms. The van der Waals surface area contributed by atoms with E-state index in [1.807, 2.05) is 0 Å². The van der Waals surface area contributed by atoms with Crippen LogP contribution < -0.4 is 14.8 Å². The highest BCUT2D eigenvalue weighted by Gasteiger charge is 2.15. The van der Waals surface area contributed by atoms with Crippen LogP contribution in [-0.4, -0.2) is 31.2 Å². The Kier molecular flexibility index (Phi) is 5.17. The molecule has 1 aliphatic heterocycles. The van der Waals surface area contributed by atoms with Crippen LogP contribution in [0.5, 0.6) is 11.5 Å². The summed E-state index contributed by atoms with van der Waals surface area (Å²) >= 11 is 0. The Balaban J connectivity index is 1.86. The molecule has 0 aromatic heterocycles. The van der Waals surface area contributed by atoms with Crippen LogP contribution in [0.4, 0.5) is 5.69 Å². The van der Waals surface area contributed by atoms with Crippen LogP contribution >= 0.6 is 0 Å². The monoisotopic (exact) mass is 280 g/mol. The minimum atomic E-state index is -0.436. The van der Waals surface area contributed by atoms with Gasteiger partial charge in [-0.25, -0.2) is 0 Å². The van der Waals surface area contributed by atoms with Crippen molar-refractivity contribution in [2.24, 2.45) is 0 Å². The zero-order valence-corrected chi connectivity index (χ0v) is 11.6. The second kappa shape index (κ2) is 7.09. The standard InChI is InChI=1S/C14H20N2O4/c1-19-13-7-6-12(16(17)18)10-14(13)20-9-3-5-11-4-2-8-15-11/h6-7,10-11,15H,2-5,8-9H2,1H3. The van der Waals surface area contributed by atoms with Crippen molar-refractivity contribution in [1.82, 2.24) is 5.32 Å². The first kappa shape index (κ1) is 14.6. The summed E-state index contributed by atoms with van der Waals surface area (Å²) in [5.74, 6) is 0.954. The molecule has 1 fully saturated rings. The molecule has 1 heterocycles. The van der Waals surface area contributed by atoms with E-state index < -0.39 is 4.92 Å². The second-order valence-electron chi connectivity index (χ2n) is 4.88. The van der Waals surface area contributed by atoms with Crippen LogP contribution in [0, 0.1) is 10.1 Å². The van der Waals surface area contributed by atoms with Gasteiger partial charge in [-0.05, 0) is 38.3 Å². The fraction of sp³-hybridized carbons (Fsp3) is 0.571. The average molecular weight is 280 g/mol. The highest BCUT2D eigenvalue weighted by Crippen LogP contribution is 2.31. The lowest BCUT2D eigenvalue weighted by Crippen LogP contribution is -2.21. The van der Waals surface area contributed by atoms with Gasteiger partial charge in [0.05, 0.1) is 24.7 Å². The zero-order valence-electron chi connectivity index (χ0n) is 11.6. The predicted molar refractivity (Wildman–Crippen MR) is 75.4 cm³/mol. The lowest BCUT2D eigenvalue weighted by Gasteiger charge is -2.12. The first-order valence-corrected chi connectivity index (χ1v) is 6.89. The number of rotatable bonds is 7. The molecule has 0 radical (unpaired) electrons. The number of benzene rings is 1. The highest BCUT2D eigenvalue weighted by atomic mass is 16.6. The van der Waals surface area contributed by atoms with E-state index in [4.69, 9.17) is 9.47 Å². The Labute approximate surface area is 118 Å². The van der Waals surface area contributed by atoms with Crippen molar-refractivity contribution in [3.05, 3.63) is 28.3 Å². The van der Waals surface area contributed by atoms with E-state index in [2.05, 4.69) is 5.32 Å². The Hall–Kier alpha value is -1.82. The van der Waals surface area contributed by atoms with Crippen molar-refractivity contribution >= 4 is 5.69 Å². The van der Waals surface area contributed by atoms with E-state index in [1.54, 1.807) is 6.07 Å². The predicted octanol–water partition coefficient (Wildman–Crippen LogP) is 2.51. The summed E-state index contributed by atoms with van der Waals surface area (Å²) in [5.41, 5.74) is 0.0123. The number of hydrogen-bond acceptors (Lipinski definition) is 5.